The first kappa shape index (κ1) is 12.9. The van der Waals surface area contributed by atoms with Crippen molar-refractivity contribution in [3.05, 3.63) is 59.2 Å². The second-order valence-corrected chi connectivity index (χ2v) is 4.87. The highest BCUT2D eigenvalue weighted by molar-refractivity contribution is 5.74. The Balaban J connectivity index is 2.62. The third-order valence-electron chi connectivity index (χ3n) is 3.55. The molecule has 0 amide bonds. The van der Waals surface area contributed by atoms with E-state index in [0.717, 1.165) is 12.8 Å². The zero-order chi connectivity index (χ0) is 13.0. The van der Waals surface area contributed by atoms with Gasteiger partial charge in [-0.05, 0) is 47.6 Å². The summed E-state index contributed by atoms with van der Waals surface area (Å²) in [5.41, 5.74) is 7.20. The monoisotopic (exact) mass is 238 g/mol. The minimum Gasteiger partial charge on any atom is -0.0651 e. The molecular weight excluding hydrogens is 216 g/mol. The van der Waals surface area contributed by atoms with Crippen LogP contribution in [0.3, 0.4) is 0 Å². The quantitative estimate of drug-likeness (QED) is 0.688. The van der Waals surface area contributed by atoms with Gasteiger partial charge in [-0.1, -0.05) is 62.7 Å². The van der Waals surface area contributed by atoms with Gasteiger partial charge < -0.3 is 0 Å². The molecule has 0 unspecified atom stereocenters. The number of rotatable bonds is 4. The van der Waals surface area contributed by atoms with E-state index < -0.39 is 0 Å². The summed E-state index contributed by atoms with van der Waals surface area (Å²) in [6.07, 6.45) is 3.45. The lowest BCUT2D eigenvalue weighted by Crippen LogP contribution is -1.96. The Bertz CT molecular complexity index is 523. The van der Waals surface area contributed by atoms with Crippen molar-refractivity contribution >= 4 is 0 Å². The first-order valence-electron chi connectivity index (χ1n) is 6.94. The molecule has 0 heterocycles. The van der Waals surface area contributed by atoms with Crippen LogP contribution in [0.2, 0.25) is 0 Å². The van der Waals surface area contributed by atoms with E-state index in [1.807, 2.05) is 0 Å². The van der Waals surface area contributed by atoms with Crippen LogP contribution in [0.4, 0.5) is 0 Å². The SMILES string of the molecule is CCCc1cccc(C)c1-c1ccccc1CC. The van der Waals surface area contributed by atoms with E-state index in [9.17, 15) is 0 Å². The van der Waals surface area contributed by atoms with Crippen LogP contribution in [0, 0.1) is 6.92 Å². The van der Waals surface area contributed by atoms with E-state index in [4.69, 9.17) is 0 Å². The van der Waals surface area contributed by atoms with Gasteiger partial charge in [0.2, 0.25) is 0 Å². The van der Waals surface area contributed by atoms with Crippen molar-refractivity contribution in [2.45, 2.75) is 40.0 Å². The van der Waals surface area contributed by atoms with Gasteiger partial charge in [0, 0.05) is 0 Å². The summed E-state index contributed by atoms with van der Waals surface area (Å²) in [7, 11) is 0. The molecule has 0 aliphatic heterocycles. The molecule has 0 saturated heterocycles. The number of hydrogen-bond acceptors (Lipinski definition) is 0. The molecule has 2 aromatic carbocycles. The third kappa shape index (κ3) is 2.48. The van der Waals surface area contributed by atoms with E-state index in [1.54, 1.807) is 0 Å². The Kier molecular flexibility index (Phi) is 4.19. The Labute approximate surface area is 111 Å². The molecule has 0 aromatic heterocycles. The van der Waals surface area contributed by atoms with Crippen LogP contribution in [0.1, 0.15) is 37.0 Å². The molecule has 0 radical (unpaired) electrons. The van der Waals surface area contributed by atoms with Crippen molar-refractivity contribution in [3.63, 3.8) is 0 Å². The Morgan fingerprint density at radius 2 is 1.56 bits per heavy atom. The van der Waals surface area contributed by atoms with Gasteiger partial charge >= 0.3 is 0 Å². The fourth-order valence-electron chi connectivity index (χ4n) is 2.66. The average Bonchev–Trinajstić information content (AvgIpc) is 2.39. The molecule has 18 heavy (non-hydrogen) atoms. The first-order chi connectivity index (χ1) is 8.77. The van der Waals surface area contributed by atoms with Crippen LogP contribution < -0.4 is 0 Å². The van der Waals surface area contributed by atoms with Crippen LogP contribution in [0.25, 0.3) is 11.1 Å². The molecule has 0 fully saturated rings. The smallest absolute Gasteiger partial charge is 0.0120 e. The highest BCUT2D eigenvalue weighted by Crippen LogP contribution is 2.31. The lowest BCUT2D eigenvalue weighted by Gasteiger charge is -2.15. The maximum absolute atomic E-state index is 2.28. The van der Waals surface area contributed by atoms with Gasteiger partial charge in [-0.3, -0.25) is 0 Å². The standard InChI is InChI=1S/C18H22/c1-4-9-16-12-8-10-14(3)18(16)17-13-7-6-11-15(17)5-2/h6-8,10-13H,4-5,9H2,1-3H3. The molecule has 0 nitrogen and oxygen atoms in total. The van der Waals surface area contributed by atoms with Crippen molar-refractivity contribution in [1.82, 2.24) is 0 Å². The van der Waals surface area contributed by atoms with Gasteiger partial charge in [-0.25, -0.2) is 0 Å². The summed E-state index contributed by atoms with van der Waals surface area (Å²) < 4.78 is 0. The summed E-state index contributed by atoms with van der Waals surface area (Å²) in [4.78, 5) is 0. The van der Waals surface area contributed by atoms with Crippen LogP contribution in [0.5, 0.6) is 0 Å². The first-order valence-corrected chi connectivity index (χ1v) is 6.94. The van der Waals surface area contributed by atoms with Gasteiger partial charge in [-0.15, -0.1) is 0 Å². The molecule has 0 N–H and O–H groups in total. The Hall–Kier alpha value is -1.56. The van der Waals surface area contributed by atoms with Crippen LogP contribution >= 0.6 is 0 Å². The minimum absolute atomic E-state index is 1.09. The molecular formula is C18H22. The van der Waals surface area contributed by atoms with Crippen molar-refractivity contribution in [3.8, 4) is 11.1 Å². The lowest BCUT2D eigenvalue weighted by molar-refractivity contribution is 0.921. The van der Waals surface area contributed by atoms with Crippen molar-refractivity contribution in [1.29, 1.82) is 0 Å². The molecule has 0 bridgehead atoms. The topological polar surface area (TPSA) is 0 Å². The molecule has 0 aliphatic carbocycles. The van der Waals surface area contributed by atoms with Gasteiger partial charge in [0.25, 0.3) is 0 Å². The zero-order valence-electron chi connectivity index (χ0n) is 11.7. The minimum atomic E-state index is 1.09. The predicted molar refractivity (Wildman–Crippen MR) is 80.0 cm³/mol. The van der Waals surface area contributed by atoms with Gasteiger partial charge in [0.05, 0.1) is 0 Å². The second-order valence-electron chi connectivity index (χ2n) is 4.87. The zero-order valence-corrected chi connectivity index (χ0v) is 11.7. The van der Waals surface area contributed by atoms with E-state index >= 15 is 0 Å². The fourth-order valence-corrected chi connectivity index (χ4v) is 2.66. The van der Waals surface area contributed by atoms with Gasteiger partial charge in [0.15, 0.2) is 0 Å². The average molecular weight is 238 g/mol. The number of benzene rings is 2. The van der Waals surface area contributed by atoms with Crippen LogP contribution in [-0.4, -0.2) is 0 Å². The largest absolute Gasteiger partial charge is 0.0651 e. The van der Waals surface area contributed by atoms with Crippen molar-refractivity contribution < 1.29 is 0 Å². The Morgan fingerprint density at radius 3 is 2.28 bits per heavy atom. The highest BCUT2D eigenvalue weighted by atomic mass is 14.1. The van der Waals surface area contributed by atoms with Gasteiger partial charge in [-0.2, -0.15) is 0 Å². The number of aryl methyl sites for hydroxylation is 3. The van der Waals surface area contributed by atoms with E-state index in [0.29, 0.717) is 0 Å². The number of hydrogen-bond donors (Lipinski definition) is 0. The summed E-state index contributed by atoms with van der Waals surface area (Å²) in [6, 6.07) is 15.5. The molecule has 0 spiro atoms. The predicted octanol–water partition coefficient (Wildman–Crippen LogP) is 5.18. The van der Waals surface area contributed by atoms with Crippen LogP contribution in [0.15, 0.2) is 42.5 Å². The van der Waals surface area contributed by atoms with E-state index in [-0.39, 0.29) is 0 Å². The normalized spacial score (nSPS) is 10.6. The summed E-state index contributed by atoms with van der Waals surface area (Å²) in [5.74, 6) is 0. The maximum atomic E-state index is 2.28. The molecule has 0 saturated carbocycles. The second kappa shape index (κ2) is 5.86. The summed E-state index contributed by atoms with van der Waals surface area (Å²) in [6.45, 7) is 6.70. The highest BCUT2D eigenvalue weighted by Gasteiger charge is 2.10. The van der Waals surface area contributed by atoms with E-state index in [1.165, 1.54) is 34.2 Å². The van der Waals surface area contributed by atoms with Crippen molar-refractivity contribution in [2.24, 2.45) is 0 Å². The summed E-state index contributed by atoms with van der Waals surface area (Å²) >= 11 is 0. The maximum Gasteiger partial charge on any atom is -0.0120 e. The fraction of sp³-hybridized carbons (Fsp3) is 0.333. The molecule has 94 valence electrons. The molecule has 2 rings (SSSR count). The lowest BCUT2D eigenvalue weighted by atomic mass is 9.89. The van der Waals surface area contributed by atoms with E-state index in [2.05, 4.69) is 63.2 Å². The molecule has 0 atom stereocenters. The van der Waals surface area contributed by atoms with Gasteiger partial charge in [0.1, 0.15) is 0 Å². The molecule has 0 aliphatic rings. The molecule has 2 aromatic rings. The third-order valence-corrected chi connectivity index (χ3v) is 3.55. The van der Waals surface area contributed by atoms with Crippen molar-refractivity contribution in [2.75, 3.05) is 0 Å². The summed E-state index contributed by atoms with van der Waals surface area (Å²) in [5, 5.41) is 0. The Morgan fingerprint density at radius 1 is 0.833 bits per heavy atom. The van der Waals surface area contributed by atoms with Crippen LogP contribution in [-0.2, 0) is 12.8 Å². The molecule has 0 heteroatoms.